The lowest BCUT2D eigenvalue weighted by Crippen LogP contribution is -2.37. The van der Waals surface area contributed by atoms with Gasteiger partial charge in [0.25, 0.3) is 0 Å². The quantitative estimate of drug-likeness (QED) is 0.375. The third-order valence-electron chi connectivity index (χ3n) is 3.20. The van der Waals surface area contributed by atoms with Crippen LogP contribution in [0.3, 0.4) is 0 Å². The first-order valence-electron chi connectivity index (χ1n) is 6.34. The summed E-state index contributed by atoms with van der Waals surface area (Å²) < 4.78 is 0. The monoisotopic (exact) mass is 289 g/mol. The summed E-state index contributed by atoms with van der Waals surface area (Å²) in [6.45, 7) is 6.43. The zero-order chi connectivity index (χ0) is 15.7. The van der Waals surface area contributed by atoms with Crippen LogP contribution in [0, 0.1) is 13.8 Å². The summed E-state index contributed by atoms with van der Waals surface area (Å²) >= 11 is 0. The molecule has 2 rings (SSSR count). The van der Waals surface area contributed by atoms with Crippen LogP contribution in [0.2, 0.25) is 0 Å². The van der Waals surface area contributed by atoms with Gasteiger partial charge in [-0.05, 0) is 19.9 Å². The number of nitrogens with one attached hydrogen (secondary N) is 1. The van der Waals surface area contributed by atoms with Crippen LogP contribution in [0.15, 0.2) is 18.7 Å². The fraction of sp³-hybridized carbons (Fsp3) is 0.286. The van der Waals surface area contributed by atoms with Gasteiger partial charge in [-0.25, -0.2) is 9.69 Å². The van der Waals surface area contributed by atoms with Crippen molar-refractivity contribution < 1.29 is 19.2 Å². The Balaban J connectivity index is 2.19. The molecule has 1 aromatic heterocycles. The number of aromatic nitrogens is 1. The van der Waals surface area contributed by atoms with Crippen LogP contribution < -0.4 is 0 Å². The number of amides is 4. The van der Waals surface area contributed by atoms with Gasteiger partial charge in [0.15, 0.2) is 5.78 Å². The summed E-state index contributed by atoms with van der Waals surface area (Å²) in [5.41, 5.74) is 1.87. The zero-order valence-electron chi connectivity index (χ0n) is 11.8. The van der Waals surface area contributed by atoms with E-state index in [2.05, 4.69) is 11.6 Å². The number of imide groups is 2. The van der Waals surface area contributed by atoms with Crippen molar-refractivity contribution in [2.24, 2.45) is 0 Å². The second-order valence-corrected chi connectivity index (χ2v) is 4.79. The summed E-state index contributed by atoms with van der Waals surface area (Å²) in [5.74, 6) is -2.32. The highest BCUT2D eigenvalue weighted by molar-refractivity contribution is 6.45. The van der Waals surface area contributed by atoms with E-state index in [9.17, 15) is 19.2 Å². The van der Waals surface area contributed by atoms with E-state index >= 15 is 0 Å². The largest absolute Gasteiger partial charge is 0.362 e. The van der Waals surface area contributed by atoms with E-state index in [-0.39, 0.29) is 6.54 Å². The van der Waals surface area contributed by atoms with Crippen molar-refractivity contribution in [1.82, 2.24) is 14.8 Å². The van der Waals surface area contributed by atoms with Crippen LogP contribution in [-0.2, 0) is 9.59 Å². The van der Waals surface area contributed by atoms with E-state index in [1.54, 1.807) is 19.9 Å². The normalized spacial score (nSPS) is 15.0. The number of carbonyl (C=O) groups excluding carboxylic acids is 4. The molecule has 7 heteroatoms. The zero-order valence-corrected chi connectivity index (χ0v) is 11.8. The fourth-order valence-corrected chi connectivity index (χ4v) is 2.22. The van der Waals surface area contributed by atoms with E-state index in [4.69, 9.17) is 0 Å². The van der Waals surface area contributed by atoms with Crippen molar-refractivity contribution in [3.8, 4) is 0 Å². The predicted octanol–water partition coefficient (Wildman–Crippen LogP) is 0.791. The number of rotatable bonds is 5. The van der Waals surface area contributed by atoms with E-state index in [0.29, 0.717) is 16.2 Å². The minimum atomic E-state index is -0.986. The maximum atomic E-state index is 12.2. The molecule has 4 amide bonds. The van der Waals surface area contributed by atoms with E-state index in [1.165, 1.54) is 6.08 Å². The molecular weight excluding hydrogens is 274 g/mol. The molecule has 1 fully saturated rings. The molecule has 0 atom stereocenters. The second-order valence-electron chi connectivity index (χ2n) is 4.79. The van der Waals surface area contributed by atoms with Crippen LogP contribution in [0.4, 0.5) is 4.79 Å². The van der Waals surface area contributed by atoms with Gasteiger partial charge in [-0.15, -0.1) is 6.58 Å². The topological polar surface area (TPSA) is 90.6 Å². The van der Waals surface area contributed by atoms with Gasteiger partial charge in [0.05, 0.1) is 6.54 Å². The fourth-order valence-electron chi connectivity index (χ4n) is 2.22. The van der Waals surface area contributed by atoms with Crippen molar-refractivity contribution in [2.45, 2.75) is 13.8 Å². The SMILES string of the molecule is C=CCN1C(=O)C(=O)N(CC(=O)c2cc(C)[nH]c2C)C1=O. The van der Waals surface area contributed by atoms with Gasteiger partial charge in [0.1, 0.15) is 0 Å². The summed E-state index contributed by atoms with van der Waals surface area (Å²) in [6, 6.07) is 0.856. The van der Waals surface area contributed by atoms with Crippen molar-refractivity contribution in [3.63, 3.8) is 0 Å². The lowest BCUT2D eigenvalue weighted by molar-refractivity contribution is -0.142. The van der Waals surface area contributed by atoms with E-state index < -0.39 is 30.2 Å². The standard InChI is InChI=1S/C14H15N3O4/c1-4-5-16-12(19)13(20)17(14(16)21)7-11(18)10-6-8(2)15-9(10)3/h4,6,15H,1,5,7H2,2-3H3. The third-order valence-corrected chi connectivity index (χ3v) is 3.20. The van der Waals surface area contributed by atoms with Crippen LogP contribution in [-0.4, -0.2) is 51.5 Å². The van der Waals surface area contributed by atoms with Crippen LogP contribution in [0.5, 0.6) is 0 Å². The first kappa shape index (κ1) is 14.7. The number of aromatic amines is 1. The van der Waals surface area contributed by atoms with Gasteiger partial charge in [-0.3, -0.25) is 19.3 Å². The number of Topliss-reactive ketones (excluding diaryl/α,β-unsaturated/α-hetero) is 1. The van der Waals surface area contributed by atoms with Crippen LogP contribution in [0.1, 0.15) is 21.7 Å². The molecule has 1 aromatic rings. The lowest BCUT2D eigenvalue weighted by atomic mass is 10.1. The maximum absolute atomic E-state index is 12.2. The minimum Gasteiger partial charge on any atom is -0.362 e. The molecule has 0 aliphatic carbocycles. The molecule has 1 saturated heterocycles. The number of nitrogens with zero attached hydrogens (tertiary/aromatic N) is 2. The van der Waals surface area contributed by atoms with E-state index in [1.807, 2.05) is 0 Å². The number of hydrogen-bond donors (Lipinski definition) is 1. The van der Waals surface area contributed by atoms with Crippen LogP contribution >= 0.6 is 0 Å². The average molecular weight is 289 g/mol. The number of carbonyl (C=O) groups is 4. The second kappa shape index (κ2) is 5.35. The Hall–Kier alpha value is -2.70. The third kappa shape index (κ3) is 2.49. The molecule has 2 heterocycles. The van der Waals surface area contributed by atoms with Gasteiger partial charge < -0.3 is 4.98 Å². The molecule has 110 valence electrons. The minimum absolute atomic E-state index is 0.0591. The Labute approximate surface area is 121 Å². The van der Waals surface area contributed by atoms with Gasteiger partial charge >= 0.3 is 17.8 Å². The summed E-state index contributed by atoms with van der Waals surface area (Å²) in [5, 5.41) is 0. The molecule has 1 aliphatic rings. The van der Waals surface area contributed by atoms with Crippen molar-refractivity contribution in [3.05, 3.63) is 35.7 Å². The summed E-state index contributed by atoms with van der Waals surface area (Å²) in [7, 11) is 0. The molecule has 7 nitrogen and oxygen atoms in total. The van der Waals surface area contributed by atoms with Gasteiger partial charge in [0.2, 0.25) is 0 Å². The molecule has 1 aliphatic heterocycles. The molecule has 0 radical (unpaired) electrons. The first-order chi connectivity index (χ1) is 9.86. The highest BCUT2D eigenvalue weighted by Crippen LogP contribution is 2.15. The molecule has 0 spiro atoms. The molecule has 21 heavy (non-hydrogen) atoms. The number of urea groups is 1. The highest BCUT2D eigenvalue weighted by Gasteiger charge is 2.44. The summed E-state index contributed by atoms with van der Waals surface area (Å²) in [4.78, 5) is 52.0. The van der Waals surface area contributed by atoms with Gasteiger partial charge in [0, 0.05) is 23.5 Å². The van der Waals surface area contributed by atoms with Gasteiger partial charge in [-0.2, -0.15) is 0 Å². The molecule has 0 aromatic carbocycles. The molecule has 0 unspecified atom stereocenters. The number of hydrogen-bond acceptors (Lipinski definition) is 4. The smallest absolute Gasteiger partial charge is 0.334 e. The average Bonchev–Trinajstić information content (AvgIpc) is 2.86. The molecule has 0 bridgehead atoms. The van der Waals surface area contributed by atoms with Crippen molar-refractivity contribution in [1.29, 1.82) is 0 Å². The molecule has 1 N–H and O–H groups in total. The van der Waals surface area contributed by atoms with Crippen molar-refractivity contribution in [2.75, 3.05) is 13.1 Å². The van der Waals surface area contributed by atoms with E-state index in [0.717, 1.165) is 10.6 Å². The Morgan fingerprint density at radius 1 is 1.24 bits per heavy atom. The molecular formula is C14H15N3O4. The summed E-state index contributed by atoms with van der Waals surface area (Å²) in [6.07, 6.45) is 1.34. The number of aryl methyl sites for hydroxylation is 2. The highest BCUT2D eigenvalue weighted by atomic mass is 16.2. The number of ketones is 1. The Morgan fingerprint density at radius 3 is 2.38 bits per heavy atom. The maximum Gasteiger partial charge on any atom is 0.334 e. The number of H-pyrrole nitrogens is 1. The predicted molar refractivity (Wildman–Crippen MR) is 73.6 cm³/mol. The molecule has 0 saturated carbocycles. The van der Waals surface area contributed by atoms with Crippen LogP contribution in [0.25, 0.3) is 0 Å². The Kier molecular flexibility index (Phi) is 3.75. The van der Waals surface area contributed by atoms with Gasteiger partial charge in [-0.1, -0.05) is 6.08 Å². The Morgan fingerprint density at radius 2 is 1.86 bits per heavy atom. The lowest BCUT2D eigenvalue weighted by Gasteiger charge is -2.13. The van der Waals surface area contributed by atoms with Crippen molar-refractivity contribution >= 4 is 23.6 Å². The first-order valence-corrected chi connectivity index (χ1v) is 6.34. The Bertz CT molecular complexity index is 659.